The van der Waals surface area contributed by atoms with E-state index in [9.17, 15) is 4.79 Å². The van der Waals surface area contributed by atoms with E-state index in [1.54, 1.807) is 0 Å². The Morgan fingerprint density at radius 3 is 2.74 bits per heavy atom. The maximum Gasteiger partial charge on any atom is 0.253 e. The fraction of sp³-hybridized carbons (Fsp3) is 0.571. The van der Waals surface area contributed by atoms with Gasteiger partial charge in [0.2, 0.25) is 0 Å². The molecule has 0 aliphatic heterocycles. The van der Waals surface area contributed by atoms with Crippen LogP contribution >= 0.6 is 23.2 Å². The maximum atomic E-state index is 12.2. The average molecular weight is 301 g/mol. The number of aromatic nitrogens is 1. The van der Waals surface area contributed by atoms with E-state index in [1.165, 1.54) is 12.3 Å². The summed E-state index contributed by atoms with van der Waals surface area (Å²) in [6.45, 7) is 4.50. The fourth-order valence-electron chi connectivity index (χ4n) is 2.53. The molecular formula is C14H18Cl2N2O. The number of halogens is 2. The normalized spacial score (nSPS) is 27.1. The third kappa shape index (κ3) is 3.61. The van der Waals surface area contributed by atoms with E-state index >= 15 is 0 Å². The number of nitrogens with one attached hydrogen (secondary N) is 1. The highest BCUT2D eigenvalue weighted by molar-refractivity contribution is 6.35. The number of carbonyl (C=O) groups is 1. The van der Waals surface area contributed by atoms with Crippen LogP contribution in [0.4, 0.5) is 0 Å². The molecule has 3 atom stereocenters. The maximum absolute atomic E-state index is 12.2. The van der Waals surface area contributed by atoms with Gasteiger partial charge in [-0.15, -0.1) is 0 Å². The third-order valence-corrected chi connectivity index (χ3v) is 4.51. The molecule has 1 aliphatic rings. The number of pyridine rings is 1. The summed E-state index contributed by atoms with van der Waals surface area (Å²) in [5.41, 5.74) is 0.396. The van der Waals surface area contributed by atoms with Crippen molar-refractivity contribution in [2.45, 2.75) is 39.2 Å². The standard InChI is InChI=1S/C14H18Cl2N2O/c1-8-3-4-10(5-9(8)2)18-14(19)11-6-13(16)17-7-12(11)15/h6-10H,3-5H2,1-2H3,(H,18,19). The number of amides is 1. The van der Waals surface area contributed by atoms with Crippen molar-refractivity contribution < 1.29 is 4.79 Å². The van der Waals surface area contributed by atoms with Crippen LogP contribution in [-0.4, -0.2) is 16.9 Å². The molecule has 1 aliphatic carbocycles. The van der Waals surface area contributed by atoms with Crippen molar-refractivity contribution in [3.8, 4) is 0 Å². The largest absolute Gasteiger partial charge is 0.349 e. The first kappa shape index (κ1) is 14.6. The summed E-state index contributed by atoms with van der Waals surface area (Å²) in [4.78, 5) is 16.0. The van der Waals surface area contributed by atoms with Crippen molar-refractivity contribution in [3.63, 3.8) is 0 Å². The molecule has 0 bridgehead atoms. The summed E-state index contributed by atoms with van der Waals surface area (Å²) in [5, 5.41) is 3.65. The Hall–Kier alpha value is -0.800. The SMILES string of the molecule is CC1CCC(NC(=O)c2cc(Cl)ncc2Cl)CC1C. The second-order valence-corrected chi connectivity index (χ2v) is 6.22. The van der Waals surface area contributed by atoms with Crippen LogP contribution in [0.2, 0.25) is 10.2 Å². The topological polar surface area (TPSA) is 42.0 Å². The van der Waals surface area contributed by atoms with Crippen molar-refractivity contribution >= 4 is 29.1 Å². The summed E-state index contributed by atoms with van der Waals surface area (Å²) in [6.07, 6.45) is 4.60. The summed E-state index contributed by atoms with van der Waals surface area (Å²) in [5.74, 6) is 1.20. The zero-order valence-electron chi connectivity index (χ0n) is 11.1. The minimum Gasteiger partial charge on any atom is -0.349 e. The fourth-order valence-corrected chi connectivity index (χ4v) is 2.88. The van der Waals surface area contributed by atoms with Crippen LogP contribution in [0.25, 0.3) is 0 Å². The summed E-state index contributed by atoms with van der Waals surface area (Å²) >= 11 is 11.8. The molecule has 1 heterocycles. The van der Waals surface area contributed by atoms with Crippen LogP contribution in [0.15, 0.2) is 12.3 Å². The summed E-state index contributed by atoms with van der Waals surface area (Å²) in [7, 11) is 0. The molecule has 19 heavy (non-hydrogen) atoms. The first-order chi connectivity index (χ1) is 8.97. The van der Waals surface area contributed by atoms with E-state index in [0.717, 1.165) is 25.2 Å². The third-order valence-electron chi connectivity index (χ3n) is 4.00. The zero-order chi connectivity index (χ0) is 14.0. The van der Waals surface area contributed by atoms with E-state index in [0.29, 0.717) is 16.5 Å². The number of carbonyl (C=O) groups excluding carboxylic acids is 1. The van der Waals surface area contributed by atoms with Crippen molar-refractivity contribution in [2.24, 2.45) is 11.8 Å². The van der Waals surface area contributed by atoms with Crippen LogP contribution in [0.5, 0.6) is 0 Å². The molecule has 0 aromatic carbocycles. The van der Waals surface area contributed by atoms with Crippen LogP contribution in [-0.2, 0) is 0 Å². The predicted molar refractivity (Wildman–Crippen MR) is 77.7 cm³/mol. The molecule has 5 heteroatoms. The van der Waals surface area contributed by atoms with Gasteiger partial charge in [0, 0.05) is 12.2 Å². The van der Waals surface area contributed by atoms with Gasteiger partial charge in [-0.2, -0.15) is 0 Å². The average Bonchev–Trinajstić information content (AvgIpc) is 2.36. The molecule has 1 amide bonds. The van der Waals surface area contributed by atoms with Gasteiger partial charge in [0.25, 0.3) is 5.91 Å². The van der Waals surface area contributed by atoms with Crippen molar-refractivity contribution in [1.29, 1.82) is 0 Å². The van der Waals surface area contributed by atoms with Crippen molar-refractivity contribution in [2.75, 3.05) is 0 Å². The monoisotopic (exact) mass is 300 g/mol. The smallest absolute Gasteiger partial charge is 0.253 e. The molecule has 0 radical (unpaired) electrons. The van der Waals surface area contributed by atoms with Crippen LogP contribution in [0.1, 0.15) is 43.5 Å². The van der Waals surface area contributed by atoms with Gasteiger partial charge in [-0.25, -0.2) is 4.98 Å². The van der Waals surface area contributed by atoms with Gasteiger partial charge >= 0.3 is 0 Å². The highest BCUT2D eigenvalue weighted by Crippen LogP contribution is 2.29. The van der Waals surface area contributed by atoms with E-state index in [4.69, 9.17) is 23.2 Å². The Morgan fingerprint density at radius 1 is 1.32 bits per heavy atom. The van der Waals surface area contributed by atoms with Crippen LogP contribution in [0.3, 0.4) is 0 Å². The Bertz CT molecular complexity index is 479. The Balaban J connectivity index is 2.03. The second kappa shape index (κ2) is 6.10. The van der Waals surface area contributed by atoms with Gasteiger partial charge in [0.1, 0.15) is 5.15 Å². The second-order valence-electron chi connectivity index (χ2n) is 5.42. The Labute approximate surface area is 123 Å². The van der Waals surface area contributed by atoms with E-state index in [2.05, 4.69) is 24.1 Å². The molecule has 1 N–H and O–H groups in total. The Kier molecular flexibility index (Phi) is 4.69. The van der Waals surface area contributed by atoms with Crippen molar-refractivity contribution in [1.82, 2.24) is 10.3 Å². The minimum atomic E-state index is -0.166. The zero-order valence-corrected chi connectivity index (χ0v) is 12.6. The molecule has 2 rings (SSSR count). The molecule has 0 spiro atoms. The number of rotatable bonds is 2. The molecule has 1 saturated carbocycles. The van der Waals surface area contributed by atoms with Gasteiger partial charge in [-0.05, 0) is 37.2 Å². The number of hydrogen-bond donors (Lipinski definition) is 1. The summed E-state index contributed by atoms with van der Waals surface area (Å²) < 4.78 is 0. The lowest BCUT2D eigenvalue weighted by molar-refractivity contribution is 0.0910. The van der Waals surface area contributed by atoms with Gasteiger partial charge < -0.3 is 5.32 Å². The molecule has 3 nitrogen and oxygen atoms in total. The molecule has 104 valence electrons. The van der Waals surface area contributed by atoms with Gasteiger partial charge in [0.15, 0.2) is 0 Å². The first-order valence-corrected chi connectivity index (χ1v) is 7.35. The molecule has 0 saturated heterocycles. The lowest BCUT2D eigenvalue weighted by Crippen LogP contribution is -2.39. The van der Waals surface area contributed by atoms with Crippen LogP contribution in [0, 0.1) is 11.8 Å². The molecule has 1 aromatic heterocycles. The first-order valence-electron chi connectivity index (χ1n) is 6.59. The highest BCUT2D eigenvalue weighted by atomic mass is 35.5. The van der Waals surface area contributed by atoms with Crippen LogP contribution < -0.4 is 5.32 Å². The highest BCUT2D eigenvalue weighted by Gasteiger charge is 2.26. The van der Waals surface area contributed by atoms with E-state index in [-0.39, 0.29) is 17.1 Å². The minimum absolute atomic E-state index is 0.166. The van der Waals surface area contributed by atoms with Gasteiger partial charge in [-0.1, -0.05) is 37.0 Å². The molecule has 3 unspecified atom stereocenters. The van der Waals surface area contributed by atoms with E-state index in [1.807, 2.05) is 0 Å². The summed E-state index contributed by atoms with van der Waals surface area (Å²) in [6, 6.07) is 1.73. The number of nitrogens with zero attached hydrogens (tertiary/aromatic N) is 1. The number of hydrogen-bond acceptors (Lipinski definition) is 2. The quantitative estimate of drug-likeness (QED) is 0.841. The van der Waals surface area contributed by atoms with Gasteiger partial charge in [-0.3, -0.25) is 4.79 Å². The Morgan fingerprint density at radius 2 is 2.05 bits per heavy atom. The van der Waals surface area contributed by atoms with Gasteiger partial charge in [0.05, 0.1) is 10.6 Å². The van der Waals surface area contributed by atoms with Crippen molar-refractivity contribution in [3.05, 3.63) is 28.0 Å². The van der Waals surface area contributed by atoms with E-state index < -0.39 is 0 Å². The molecular weight excluding hydrogens is 283 g/mol. The molecule has 1 aromatic rings. The molecule has 1 fully saturated rings. The lowest BCUT2D eigenvalue weighted by atomic mass is 9.79. The predicted octanol–water partition coefficient (Wildman–Crippen LogP) is 3.94. The lowest BCUT2D eigenvalue weighted by Gasteiger charge is -2.32.